The molecule has 0 saturated heterocycles. The normalized spacial score (nSPS) is 11.9. The van der Waals surface area contributed by atoms with Gasteiger partial charge in [0, 0.05) is 27.8 Å². The van der Waals surface area contributed by atoms with Crippen LogP contribution in [0.2, 0.25) is 0 Å². The number of carbonyl (C=O) groups is 2. The Hall–Kier alpha value is -3.06. The van der Waals surface area contributed by atoms with E-state index in [1.165, 1.54) is 30.4 Å². The highest BCUT2D eigenvalue weighted by molar-refractivity contribution is 7.20. The van der Waals surface area contributed by atoms with Gasteiger partial charge in [-0.2, -0.15) is 0 Å². The Labute approximate surface area is 153 Å². The standard InChI is InChI=1S/C19H15NO5S/c1-11-3-5-13(6-4-11)18(21)12(2)25-19(22)17-10-14-9-15(20(23)24)7-8-16(14)26-17/h3-10,12H,1-2H3/t12-/m1/s1. The lowest BCUT2D eigenvalue weighted by Gasteiger charge is -2.11. The number of fused-ring (bicyclic) bond motifs is 1. The van der Waals surface area contributed by atoms with Crippen molar-refractivity contribution in [2.75, 3.05) is 0 Å². The zero-order valence-corrected chi connectivity index (χ0v) is 14.9. The van der Waals surface area contributed by atoms with Crippen molar-refractivity contribution in [1.29, 1.82) is 0 Å². The van der Waals surface area contributed by atoms with Crippen molar-refractivity contribution in [2.45, 2.75) is 20.0 Å². The van der Waals surface area contributed by atoms with Gasteiger partial charge in [-0.05, 0) is 26.0 Å². The SMILES string of the molecule is Cc1ccc(C(=O)[C@@H](C)OC(=O)c2cc3cc([N+](=O)[O-])ccc3s2)cc1. The Morgan fingerprint density at radius 3 is 2.46 bits per heavy atom. The summed E-state index contributed by atoms with van der Waals surface area (Å²) in [6, 6.07) is 13.0. The van der Waals surface area contributed by atoms with E-state index in [0.29, 0.717) is 15.8 Å². The topological polar surface area (TPSA) is 86.5 Å². The van der Waals surface area contributed by atoms with Gasteiger partial charge in [-0.1, -0.05) is 29.8 Å². The summed E-state index contributed by atoms with van der Waals surface area (Å²) in [5, 5.41) is 11.4. The number of ketones is 1. The third kappa shape index (κ3) is 3.62. The van der Waals surface area contributed by atoms with E-state index >= 15 is 0 Å². The van der Waals surface area contributed by atoms with Crippen LogP contribution in [0.15, 0.2) is 48.5 Å². The number of benzene rings is 2. The predicted molar refractivity (Wildman–Crippen MR) is 98.9 cm³/mol. The second kappa shape index (κ2) is 7.05. The van der Waals surface area contributed by atoms with Gasteiger partial charge in [0.2, 0.25) is 5.78 Å². The Bertz CT molecular complexity index is 1010. The molecule has 1 aromatic heterocycles. The lowest BCUT2D eigenvalue weighted by Crippen LogP contribution is -2.24. The zero-order chi connectivity index (χ0) is 18.8. The molecule has 7 heteroatoms. The Kier molecular flexibility index (Phi) is 4.81. The number of hydrogen-bond acceptors (Lipinski definition) is 6. The molecule has 0 saturated carbocycles. The monoisotopic (exact) mass is 369 g/mol. The molecule has 0 radical (unpaired) electrons. The first-order chi connectivity index (χ1) is 12.3. The second-order valence-electron chi connectivity index (χ2n) is 5.87. The van der Waals surface area contributed by atoms with Gasteiger partial charge in [0.25, 0.3) is 5.69 Å². The van der Waals surface area contributed by atoms with Crippen molar-refractivity contribution in [1.82, 2.24) is 0 Å². The number of hydrogen-bond donors (Lipinski definition) is 0. The summed E-state index contributed by atoms with van der Waals surface area (Å²) in [5.74, 6) is -0.906. The summed E-state index contributed by atoms with van der Waals surface area (Å²) in [6.45, 7) is 3.45. The lowest BCUT2D eigenvalue weighted by molar-refractivity contribution is -0.384. The van der Waals surface area contributed by atoms with Gasteiger partial charge in [-0.15, -0.1) is 11.3 Å². The van der Waals surface area contributed by atoms with Crippen molar-refractivity contribution in [2.24, 2.45) is 0 Å². The number of non-ortho nitro benzene ring substituents is 1. The van der Waals surface area contributed by atoms with Crippen molar-refractivity contribution < 1.29 is 19.2 Å². The first-order valence-corrected chi connectivity index (χ1v) is 8.66. The van der Waals surface area contributed by atoms with Gasteiger partial charge < -0.3 is 4.74 Å². The van der Waals surface area contributed by atoms with Crippen LogP contribution < -0.4 is 0 Å². The fourth-order valence-corrected chi connectivity index (χ4v) is 3.40. The van der Waals surface area contributed by atoms with Crippen molar-refractivity contribution in [3.8, 4) is 0 Å². The molecule has 2 aromatic carbocycles. The molecule has 1 atom stereocenters. The lowest BCUT2D eigenvalue weighted by atomic mass is 10.1. The minimum atomic E-state index is -0.926. The van der Waals surface area contributed by atoms with Crippen molar-refractivity contribution >= 4 is 38.9 Å². The quantitative estimate of drug-likeness (QED) is 0.285. The third-order valence-electron chi connectivity index (χ3n) is 3.90. The van der Waals surface area contributed by atoms with E-state index in [0.717, 1.165) is 10.3 Å². The number of esters is 1. The summed E-state index contributed by atoms with van der Waals surface area (Å²) in [5.41, 5.74) is 1.46. The van der Waals surface area contributed by atoms with Crippen LogP contribution in [0.25, 0.3) is 10.1 Å². The Morgan fingerprint density at radius 1 is 1.12 bits per heavy atom. The van der Waals surface area contributed by atoms with Crippen LogP contribution in [0.5, 0.6) is 0 Å². The molecule has 132 valence electrons. The smallest absolute Gasteiger partial charge is 0.349 e. The number of aryl methyl sites for hydroxylation is 1. The summed E-state index contributed by atoms with van der Waals surface area (Å²) < 4.78 is 6.01. The summed E-state index contributed by atoms with van der Waals surface area (Å²) in [4.78, 5) is 35.3. The van der Waals surface area contributed by atoms with Gasteiger partial charge >= 0.3 is 5.97 Å². The van der Waals surface area contributed by atoms with Crippen LogP contribution in [-0.4, -0.2) is 22.8 Å². The van der Waals surface area contributed by atoms with Crippen LogP contribution >= 0.6 is 11.3 Å². The van der Waals surface area contributed by atoms with Crippen LogP contribution in [-0.2, 0) is 4.74 Å². The molecule has 0 fully saturated rings. The van der Waals surface area contributed by atoms with Gasteiger partial charge in [-0.3, -0.25) is 14.9 Å². The second-order valence-corrected chi connectivity index (χ2v) is 6.95. The Morgan fingerprint density at radius 2 is 1.81 bits per heavy atom. The highest BCUT2D eigenvalue weighted by atomic mass is 32.1. The largest absolute Gasteiger partial charge is 0.450 e. The van der Waals surface area contributed by atoms with Crippen molar-refractivity contribution in [3.63, 3.8) is 0 Å². The van der Waals surface area contributed by atoms with E-state index in [4.69, 9.17) is 4.74 Å². The molecule has 0 amide bonds. The molecular formula is C19H15NO5S. The molecular weight excluding hydrogens is 354 g/mol. The molecule has 3 rings (SSSR count). The van der Waals surface area contributed by atoms with E-state index < -0.39 is 17.0 Å². The maximum atomic E-state index is 12.4. The van der Waals surface area contributed by atoms with E-state index in [9.17, 15) is 19.7 Å². The number of rotatable bonds is 5. The number of thiophene rings is 1. The number of nitrogens with zero attached hydrogens (tertiary/aromatic N) is 1. The molecule has 1 heterocycles. The van der Waals surface area contributed by atoms with Crippen molar-refractivity contribution in [3.05, 3.63) is 74.6 Å². The number of ether oxygens (including phenoxy) is 1. The molecule has 3 aromatic rings. The fraction of sp³-hybridized carbons (Fsp3) is 0.158. The number of carbonyl (C=O) groups excluding carboxylic acids is 2. The van der Waals surface area contributed by atoms with Gasteiger partial charge in [-0.25, -0.2) is 4.79 Å². The molecule has 26 heavy (non-hydrogen) atoms. The number of nitro groups is 1. The van der Waals surface area contributed by atoms with E-state index in [1.54, 1.807) is 24.3 Å². The average Bonchev–Trinajstić information content (AvgIpc) is 3.05. The molecule has 0 spiro atoms. The van der Waals surface area contributed by atoms with Crippen LogP contribution in [0.4, 0.5) is 5.69 Å². The van der Waals surface area contributed by atoms with Gasteiger partial charge in [0.1, 0.15) is 4.88 Å². The molecule has 0 aliphatic heterocycles. The summed E-state index contributed by atoms with van der Waals surface area (Å²) in [7, 11) is 0. The summed E-state index contributed by atoms with van der Waals surface area (Å²) in [6.07, 6.45) is -0.926. The van der Waals surface area contributed by atoms with E-state index in [2.05, 4.69) is 0 Å². The molecule has 0 unspecified atom stereocenters. The maximum absolute atomic E-state index is 12.4. The molecule has 0 bridgehead atoms. The number of Topliss-reactive ketones (excluding diaryl/α,β-unsaturated/α-hetero) is 1. The van der Waals surface area contributed by atoms with Crippen LogP contribution in [0.1, 0.15) is 32.5 Å². The Balaban J connectivity index is 1.76. The van der Waals surface area contributed by atoms with Crippen LogP contribution in [0, 0.1) is 17.0 Å². The predicted octanol–water partition coefficient (Wildman–Crippen LogP) is 4.55. The molecule has 0 aliphatic carbocycles. The van der Waals surface area contributed by atoms with Gasteiger partial charge in [0.05, 0.1) is 4.92 Å². The highest BCUT2D eigenvalue weighted by Gasteiger charge is 2.22. The first-order valence-electron chi connectivity index (χ1n) is 7.85. The summed E-state index contributed by atoms with van der Waals surface area (Å²) >= 11 is 1.17. The van der Waals surface area contributed by atoms with Gasteiger partial charge in [0.15, 0.2) is 6.10 Å². The highest BCUT2D eigenvalue weighted by Crippen LogP contribution is 2.29. The fourth-order valence-electron chi connectivity index (χ4n) is 2.47. The maximum Gasteiger partial charge on any atom is 0.349 e. The minimum absolute atomic E-state index is 0.0434. The minimum Gasteiger partial charge on any atom is -0.450 e. The number of nitro benzene ring substituents is 1. The molecule has 0 aliphatic rings. The third-order valence-corrected chi connectivity index (χ3v) is 5.00. The molecule has 0 N–H and O–H groups in total. The molecule has 6 nitrogen and oxygen atoms in total. The average molecular weight is 369 g/mol. The van der Waals surface area contributed by atoms with E-state index in [1.807, 2.05) is 19.1 Å². The van der Waals surface area contributed by atoms with Crippen LogP contribution in [0.3, 0.4) is 0 Å². The first kappa shape index (κ1) is 17.8. The zero-order valence-electron chi connectivity index (χ0n) is 14.1. The van der Waals surface area contributed by atoms with E-state index in [-0.39, 0.29) is 11.5 Å².